The Bertz CT molecular complexity index is 7930. The summed E-state index contributed by atoms with van der Waals surface area (Å²) in [6.45, 7) is 27.2. The molecule has 640 valence electrons. The van der Waals surface area contributed by atoms with E-state index in [1.807, 2.05) is 0 Å². The van der Waals surface area contributed by atoms with E-state index in [1.54, 1.807) is 0 Å². The minimum atomic E-state index is 0.0831. The van der Waals surface area contributed by atoms with Crippen molar-refractivity contribution in [2.24, 2.45) is 0 Å². The van der Waals surface area contributed by atoms with Crippen LogP contribution in [-0.2, 0) is 21.7 Å². The van der Waals surface area contributed by atoms with E-state index >= 15 is 0 Å². The molecule has 0 unspecified atom stereocenters. The molecule has 0 spiro atoms. The molecule has 0 N–H and O–H groups in total. The topological polar surface area (TPSA) is 31.1 Å². The molecular weight excluding hydrogens is 1590 g/mol. The number of hydrogen-bond donors (Lipinski definition) is 0. The lowest BCUT2D eigenvalue weighted by atomic mass is 9.86. The van der Waals surface area contributed by atoms with Crippen molar-refractivity contribution in [1.82, 2.24) is 22.8 Å². The van der Waals surface area contributed by atoms with Crippen LogP contribution in [0, 0.1) is 0 Å². The molecule has 0 saturated heterocycles. The van der Waals surface area contributed by atoms with E-state index in [0.29, 0.717) is 0 Å². The van der Waals surface area contributed by atoms with Crippen LogP contribution in [0.1, 0.15) is 105 Å². The normalized spacial score (nSPS) is 12.0. The molecule has 0 aliphatic heterocycles. The summed E-state index contributed by atoms with van der Waals surface area (Å²) in [6.07, 6.45) is 0. The maximum absolute atomic E-state index is 2.41. The second-order valence-electron chi connectivity index (χ2n) is 38.6. The lowest BCUT2D eigenvalue weighted by molar-refractivity contribution is 0.590. The molecule has 0 bridgehead atoms. The van der Waals surface area contributed by atoms with Crippen LogP contribution >= 0.6 is 0 Å². The van der Waals surface area contributed by atoms with Gasteiger partial charge in [-0.15, -0.1) is 0 Å². The molecule has 0 aliphatic carbocycles. The Labute approximate surface area is 768 Å². The summed E-state index contributed by atoms with van der Waals surface area (Å²) in [5, 5.41) is 12.8. The average Bonchev–Trinajstić information content (AvgIpc) is 1.58. The number of anilines is 6. The van der Waals surface area contributed by atoms with E-state index < -0.39 is 0 Å². The molecule has 5 heterocycles. The van der Waals surface area contributed by atoms with Crippen molar-refractivity contribution < 1.29 is 0 Å². The van der Waals surface area contributed by atoms with E-state index in [9.17, 15) is 0 Å². The Hall–Kier alpha value is -15.4. The van der Waals surface area contributed by atoms with Gasteiger partial charge in [0.05, 0.1) is 55.2 Å². The molecule has 23 aromatic rings. The molecule has 5 aromatic heterocycles. The zero-order chi connectivity index (χ0) is 89.9. The number of aromatic nitrogens is 5. The first kappa shape index (κ1) is 83.8. The number of hydrogen-bond acceptors (Lipinski definition) is 2. The minimum Gasteiger partial charge on any atom is -0.310 e. The van der Waals surface area contributed by atoms with Gasteiger partial charge < -0.3 is 32.6 Å². The lowest BCUT2D eigenvalue weighted by Gasteiger charge is -2.25. The summed E-state index contributed by atoms with van der Waals surface area (Å²) in [6, 6.07) is 160. The van der Waals surface area contributed by atoms with Gasteiger partial charge >= 0.3 is 0 Å². The molecule has 0 atom stereocenters. The fourth-order valence-electron chi connectivity index (χ4n) is 19.1. The van der Waals surface area contributed by atoms with Crippen molar-refractivity contribution >= 4 is 143 Å². The first-order valence-corrected chi connectivity index (χ1v) is 45.9. The van der Waals surface area contributed by atoms with Crippen molar-refractivity contribution in [3.63, 3.8) is 0 Å². The highest BCUT2D eigenvalue weighted by atomic mass is 15.2. The zero-order valence-electron chi connectivity index (χ0n) is 76.8. The van der Waals surface area contributed by atoms with Crippen molar-refractivity contribution in [3.05, 3.63) is 465 Å². The number of para-hydroxylation sites is 11. The standard InChI is InChI=1S/C34H28N2.2C34H30N2.C22H21N/c1-34(2,3)23-17-19-32-28(21-23)29-22-25(18-20-33(29)35(32)24-11-5-4-6-12-24)36-30-15-9-7-13-26(30)27-14-8-10-16-31(27)36;1-34(2,3)25-18-20-28(21-19-25)36-32-17-11-10-16-30(32)31-24-29(22-23-33(31)36)35(26-12-6-4-7-13-26)27-14-8-5-9-15-27;1-34(2,3)25-18-20-28(21-19-25)36-32-17-11-10-16-30(32)31-23-22-29(24-33(31)36)35(26-12-6-4-7-13-26)27-14-8-5-9-15-27;1-22(2,3)16-13-14-21-19(15-16)18-11-7-8-12-20(18)23(21)17-9-5-4-6-10-17/h4-22H,1-3H3;2*4-24H,1-3H3;4-15H,1-3H3. The summed E-state index contributed by atoms with van der Waals surface area (Å²) < 4.78 is 11.9. The van der Waals surface area contributed by atoms with Crippen molar-refractivity contribution in [2.75, 3.05) is 9.80 Å². The van der Waals surface area contributed by atoms with Gasteiger partial charge in [-0.2, -0.15) is 0 Å². The SMILES string of the molecule is CC(C)(C)c1ccc(-n2c3ccccc3c3cc(N(c4ccccc4)c4ccccc4)ccc32)cc1.CC(C)(C)c1ccc(-n2c3ccccc3c3ccc(N(c4ccccc4)c4ccccc4)cc32)cc1.CC(C)(C)c1ccc2c(c1)c1cc(-n3c4ccccc4c4ccccc43)ccc1n2-c1ccccc1.CC(C)(C)c1ccc2c(c1)c1ccccc1n2-c1ccccc1. The monoisotopic (exact) mass is 1700 g/mol. The summed E-state index contributed by atoms with van der Waals surface area (Å²) in [5.74, 6) is 0. The molecule has 0 aliphatic rings. The summed E-state index contributed by atoms with van der Waals surface area (Å²) in [5.41, 5.74) is 31.0. The Morgan fingerprint density at radius 1 is 0.137 bits per heavy atom. The van der Waals surface area contributed by atoms with Crippen molar-refractivity contribution in [1.29, 1.82) is 0 Å². The Morgan fingerprint density at radius 2 is 0.351 bits per heavy atom. The van der Waals surface area contributed by atoms with E-state index in [2.05, 4.69) is 559 Å². The number of benzene rings is 18. The maximum atomic E-state index is 2.41. The first-order valence-electron chi connectivity index (χ1n) is 45.9. The molecule has 18 aromatic carbocycles. The summed E-state index contributed by atoms with van der Waals surface area (Å²) in [7, 11) is 0. The van der Waals surface area contributed by atoms with Crippen LogP contribution < -0.4 is 9.80 Å². The van der Waals surface area contributed by atoms with Gasteiger partial charge in [-0.3, -0.25) is 0 Å². The molecule has 0 amide bonds. The molecule has 0 radical (unpaired) electrons. The van der Waals surface area contributed by atoms with Crippen LogP contribution in [0.15, 0.2) is 443 Å². The van der Waals surface area contributed by atoms with Gasteiger partial charge in [-0.05, 0) is 244 Å². The van der Waals surface area contributed by atoms with Crippen LogP contribution in [0.25, 0.3) is 137 Å². The predicted molar refractivity (Wildman–Crippen MR) is 562 cm³/mol. The van der Waals surface area contributed by atoms with Crippen molar-refractivity contribution in [3.8, 4) is 28.4 Å². The third kappa shape index (κ3) is 16.1. The van der Waals surface area contributed by atoms with Gasteiger partial charge in [0.15, 0.2) is 0 Å². The number of fused-ring (bicyclic) bond motifs is 15. The van der Waals surface area contributed by atoms with Gasteiger partial charge in [-0.25, -0.2) is 0 Å². The first-order chi connectivity index (χ1) is 63.6. The van der Waals surface area contributed by atoms with Gasteiger partial charge in [-0.1, -0.05) is 326 Å². The highest BCUT2D eigenvalue weighted by Crippen LogP contribution is 2.46. The molecule has 0 fully saturated rings. The largest absolute Gasteiger partial charge is 0.310 e. The second-order valence-corrected chi connectivity index (χ2v) is 38.6. The Morgan fingerprint density at radius 3 is 0.695 bits per heavy atom. The molecule has 7 nitrogen and oxygen atoms in total. The summed E-state index contributed by atoms with van der Waals surface area (Å²) in [4.78, 5) is 4.65. The van der Waals surface area contributed by atoms with E-state index in [1.165, 1.54) is 160 Å². The van der Waals surface area contributed by atoms with Gasteiger partial charge in [0, 0.05) is 116 Å². The third-order valence-corrected chi connectivity index (χ3v) is 25.9. The fraction of sp³-hybridized carbons (Fsp3) is 0.129. The van der Waals surface area contributed by atoms with Crippen LogP contribution in [-0.4, -0.2) is 22.8 Å². The number of nitrogens with zero attached hydrogens (tertiary/aromatic N) is 7. The van der Waals surface area contributed by atoms with Crippen molar-refractivity contribution in [2.45, 2.75) is 105 Å². The number of rotatable bonds is 11. The predicted octanol–water partition coefficient (Wildman–Crippen LogP) is 34.4. The highest BCUT2D eigenvalue weighted by molar-refractivity contribution is 6.15. The van der Waals surface area contributed by atoms with Gasteiger partial charge in [0.1, 0.15) is 0 Å². The maximum Gasteiger partial charge on any atom is 0.0561 e. The van der Waals surface area contributed by atoms with Crippen LogP contribution in [0.3, 0.4) is 0 Å². The molecule has 0 saturated carbocycles. The van der Waals surface area contributed by atoms with Crippen LogP contribution in [0.2, 0.25) is 0 Å². The quantitative estimate of drug-likeness (QED) is 0.129. The summed E-state index contributed by atoms with van der Waals surface area (Å²) >= 11 is 0. The van der Waals surface area contributed by atoms with Gasteiger partial charge in [0.2, 0.25) is 0 Å². The fourth-order valence-corrected chi connectivity index (χ4v) is 19.1. The lowest BCUT2D eigenvalue weighted by Crippen LogP contribution is -2.11. The van der Waals surface area contributed by atoms with Crippen LogP contribution in [0.4, 0.5) is 34.1 Å². The van der Waals surface area contributed by atoms with Gasteiger partial charge in [0.25, 0.3) is 0 Å². The van der Waals surface area contributed by atoms with E-state index in [4.69, 9.17) is 0 Å². The van der Waals surface area contributed by atoms with E-state index in [0.717, 1.165) is 34.1 Å². The molecule has 23 rings (SSSR count). The smallest absolute Gasteiger partial charge is 0.0561 e. The van der Waals surface area contributed by atoms with Crippen LogP contribution in [0.5, 0.6) is 0 Å². The molecule has 7 heteroatoms. The average molecular weight is 1700 g/mol. The molecular formula is C124H109N7. The van der Waals surface area contributed by atoms with E-state index in [-0.39, 0.29) is 21.7 Å². The second kappa shape index (κ2) is 34.3. The highest BCUT2D eigenvalue weighted by Gasteiger charge is 2.26. The Balaban J connectivity index is 0.000000110. The minimum absolute atomic E-state index is 0.0831. The third-order valence-electron chi connectivity index (χ3n) is 25.9. The Kier molecular flexibility index (Phi) is 21.9. The zero-order valence-corrected chi connectivity index (χ0v) is 76.8. The molecule has 131 heavy (non-hydrogen) atoms.